The maximum absolute atomic E-state index is 2.61. The van der Waals surface area contributed by atoms with Gasteiger partial charge in [-0.1, -0.05) is 103 Å². The van der Waals surface area contributed by atoms with Crippen molar-refractivity contribution in [3.05, 3.63) is 131 Å². The number of aryl methyl sites for hydroxylation is 2. The first-order valence-corrected chi connectivity index (χ1v) is 16.7. The van der Waals surface area contributed by atoms with E-state index in [0.29, 0.717) is 11.8 Å². The second-order valence-corrected chi connectivity index (χ2v) is 14.0. The maximum Gasteiger partial charge on any atom is 0.0164 e. The van der Waals surface area contributed by atoms with Gasteiger partial charge in [0.05, 0.1) is 0 Å². The molecule has 7 aromatic carbocycles. The average Bonchev–Trinajstić information content (AvgIpc) is 3.09. The van der Waals surface area contributed by atoms with E-state index in [1.807, 2.05) is 0 Å². The van der Waals surface area contributed by atoms with E-state index in [4.69, 9.17) is 0 Å². The summed E-state index contributed by atoms with van der Waals surface area (Å²) in [6.45, 7) is 0. The van der Waals surface area contributed by atoms with Crippen molar-refractivity contribution in [3.8, 4) is 0 Å². The molecule has 7 aromatic rings. The van der Waals surface area contributed by atoms with Crippen LogP contribution in [0.25, 0.3) is 75.8 Å². The van der Waals surface area contributed by atoms with E-state index in [0.717, 1.165) is 12.8 Å². The lowest BCUT2D eigenvalue weighted by atomic mass is 9.58. The highest BCUT2D eigenvalue weighted by atomic mass is 14.5. The van der Waals surface area contributed by atoms with Gasteiger partial charge in [0.2, 0.25) is 0 Å². The normalized spacial score (nSPS) is 21.6. The van der Waals surface area contributed by atoms with Crippen molar-refractivity contribution in [1.82, 2.24) is 0 Å². The molecule has 5 aliphatic rings. The third-order valence-electron chi connectivity index (χ3n) is 12.2. The minimum atomic E-state index is 0.508. The predicted molar refractivity (Wildman–Crippen MR) is 188 cm³/mol. The first kappa shape index (κ1) is 22.8. The van der Waals surface area contributed by atoms with Crippen LogP contribution in [0.15, 0.2) is 108 Å². The summed E-state index contributed by atoms with van der Waals surface area (Å²) in [7, 11) is 0. The molecule has 0 N–H and O–H groups in total. The minimum Gasteiger partial charge on any atom is -0.0805 e. The fourth-order valence-corrected chi connectivity index (χ4v) is 10.7. The number of hydrogen-bond donors (Lipinski definition) is 0. The van der Waals surface area contributed by atoms with Crippen LogP contribution < -0.4 is 0 Å². The van der Waals surface area contributed by atoms with Crippen molar-refractivity contribution in [1.29, 1.82) is 0 Å². The maximum atomic E-state index is 2.61. The van der Waals surface area contributed by atoms with Gasteiger partial charge in [-0.2, -0.15) is 0 Å². The third-order valence-corrected chi connectivity index (χ3v) is 12.2. The van der Waals surface area contributed by atoms with Crippen LogP contribution in [-0.4, -0.2) is 0 Å². The average molecular weight is 559 g/mol. The van der Waals surface area contributed by atoms with Crippen LogP contribution in [0.5, 0.6) is 0 Å². The SMILES string of the molecule is C1=C[C@H]2CCC3=C4C(=CCC3)c3c(c5cccc6c5c5c3cccc5c3c5cccc7c5c5c(cccc5c63)CC7)C(=C1)[C@H]42. The van der Waals surface area contributed by atoms with Gasteiger partial charge in [0.25, 0.3) is 0 Å². The smallest absolute Gasteiger partial charge is 0.0164 e. The molecular formula is C44H30. The zero-order valence-corrected chi connectivity index (χ0v) is 24.6. The van der Waals surface area contributed by atoms with Gasteiger partial charge in [0, 0.05) is 5.92 Å². The molecule has 0 aliphatic heterocycles. The molecule has 0 unspecified atom stereocenters. The number of fused-ring (bicyclic) bond motifs is 10. The molecule has 0 fully saturated rings. The van der Waals surface area contributed by atoms with E-state index in [-0.39, 0.29) is 0 Å². The Labute approximate surface area is 256 Å². The number of allylic oxidation sites excluding steroid dienone is 8. The molecule has 0 heterocycles. The molecule has 0 bridgehead atoms. The molecule has 12 rings (SSSR count). The highest BCUT2D eigenvalue weighted by molar-refractivity contribution is 6.45. The van der Waals surface area contributed by atoms with Gasteiger partial charge >= 0.3 is 0 Å². The third kappa shape index (κ3) is 2.47. The summed E-state index contributed by atoms with van der Waals surface area (Å²) in [5, 5.41) is 17.4. The molecule has 2 atom stereocenters. The summed E-state index contributed by atoms with van der Waals surface area (Å²) in [6, 6.07) is 28.7. The van der Waals surface area contributed by atoms with E-state index in [1.165, 1.54) is 113 Å². The number of hydrogen-bond acceptors (Lipinski definition) is 0. The Kier molecular flexibility index (Phi) is 3.98. The van der Waals surface area contributed by atoms with E-state index in [1.54, 1.807) is 22.3 Å². The van der Waals surface area contributed by atoms with Crippen molar-refractivity contribution in [2.24, 2.45) is 11.8 Å². The van der Waals surface area contributed by atoms with Crippen LogP contribution >= 0.6 is 0 Å². The largest absolute Gasteiger partial charge is 0.0805 e. The Balaban J connectivity index is 1.39. The van der Waals surface area contributed by atoms with Gasteiger partial charge in [-0.3, -0.25) is 0 Å². The lowest BCUT2D eigenvalue weighted by Crippen LogP contribution is -2.30. The Morgan fingerprint density at radius 3 is 1.77 bits per heavy atom. The Morgan fingerprint density at radius 1 is 0.523 bits per heavy atom. The molecule has 0 nitrogen and oxygen atoms in total. The van der Waals surface area contributed by atoms with E-state index >= 15 is 0 Å². The summed E-state index contributed by atoms with van der Waals surface area (Å²) in [6.07, 6.45) is 17.2. The van der Waals surface area contributed by atoms with E-state index in [9.17, 15) is 0 Å². The van der Waals surface area contributed by atoms with E-state index < -0.39 is 0 Å². The molecule has 0 aromatic heterocycles. The second-order valence-electron chi connectivity index (χ2n) is 14.0. The van der Waals surface area contributed by atoms with Gasteiger partial charge < -0.3 is 0 Å². The quantitative estimate of drug-likeness (QED) is 0.128. The standard InChI is InChI=1S/C44H30/c1-7-23-19-20-24-8-2-12-28-36(24)35(23)27(11-1)39-31-15-5-17-33-41-29-13-3-9-25-21-22-26-10-4-14-30(38(26)37(25)29)42(41)34-18-6-16-32(40(28)39)44(34)43(31)33/h1-3,5-9,11-18,25,37H,4,10,19-22H2/t25-,37+/m0/s1. The lowest BCUT2D eigenvalue weighted by Gasteiger charge is -2.45. The summed E-state index contributed by atoms with van der Waals surface area (Å²) in [5.74, 6) is 1.12. The Morgan fingerprint density at radius 2 is 1.09 bits per heavy atom. The first-order chi connectivity index (χ1) is 21.9. The molecule has 0 radical (unpaired) electrons. The molecule has 0 spiro atoms. The fraction of sp³-hybridized carbons (Fsp3) is 0.182. The fourth-order valence-electron chi connectivity index (χ4n) is 10.7. The number of benzene rings is 7. The first-order valence-electron chi connectivity index (χ1n) is 16.7. The summed E-state index contributed by atoms with van der Waals surface area (Å²) in [5.41, 5.74) is 12.6. The topological polar surface area (TPSA) is 0 Å². The minimum absolute atomic E-state index is 0.508. The molecular weight excluding hydrogens is 528 g/mol. The monoisotopic (exact) mass is 558 g/mol. The van der Waals surface area contributed by atoms with Crippen molar-refractivity contribution < 1.29 is 0 Å². The molecule has 206 valence electrons. The van der Waals surface area contributed by atoms with Crippen LogP contribution in [0.1, 0.15) is 47.9 Å². The van der Waals surface area contributed by atoms with Gasteiger partial charge in [0.1, 0.15) is 0 Å². The predicted octanol–water partition coefficient (Wildman–Crippen LogP) is 11.6. The molecule has 0 saturated heterocycles. The highest BCUT2D eigenvalue weighted by Crippen LogP contribution is 2.61. The molecule has 0 heteroatoms. The number of rotatable bonds is 0. The van der Waals surface area contributed by atoms with Gasteiger partial charge in [-0.05, 0) is 148 Å². The van der Waals surface area contributed by atoms with Crippen LogP contribution in [0, 0.1) is 11.8 Å². The van der Waals surface area contributed by atoms with Gasteiger partial charge in [0.15, 0.2) is 0 Å². The Bertz CT molecular complexity index is 2650. The Hall–Kier alpha value is -4.68. The van der Waals surface area contributed by atoms with Crippen LogP contribution in [0.2, 0.25) is 0 Å². The molecule has 5 aliphatic carbocycles. The summed E-state index contributed by atoms with van der Waals surface area (Å²) >= 11 is 0. The summed E-state index contributed by atoms with van der Waals surface area (Å²) in [4.78, 5) is 0. The zero-order valence-electron chi connectivity index (χ0n) is 24.6. The highest BCUT2D eigenvalue weighted by Gasteiger charge is 2.43. The van der Waals surface area contributed by atoms with Crippen LogP contribution in [-0.2, 0) is 12.8 Å². The molecule has 0 amide bonds. The van der Waals surface area contributed by atoms with E-state index in [2.05, 4.69) is 97.1 Å². The van der Waals surface area contributed by atoms with Crippen molar-refractivity contribution in [2.75, 3.05) is 0 Å². The van der Waals surface area contributed by atoms with Crippen molar-refractivity contribution in [3.63, 3.8) is 0 Å². The molecule has 0 saturated carbocycles. The molecule has 44 heavy (non-hydrogen) atoms. The lowest BCUT2D eigenvalue weighted by molar-refractivity contribution is 0.464. The van der Waals surface area contributed by atoms with Gasteiger partial charge in [-0.25, -0.2) is 0 Å². The zero-order chi connectivity index (χ0) is 28.3. The van der Waals surface area contributed by atoms with Crippen molar-refractivity contribution >= 4 is 75.8 Å². The van der Waals surface area contributed by atoms with Crippen LogP contribution in [0.4, 0.5) is 0 Å². The van der Waals surface area contributed by atoms with Gasteiger partial charge in [-0.15, -0.1) is 0 Å². The van der Waals surface area contributed by atoms with Crippen LogP contribution in [0.3, 0.4) is 0 Å². The second kappa shape index (κ2) is 7.69. The summed E-state index contributed by atoms with van der Waals surface area (Å²) < 4.78 is 0. The van der Waals surface area contributed by atoms with Crippen molar-refractivity contribution in [2.45, 2.75) is 38.5 Å².